The molecule has 1 aliphatic heterocycles. The van der Waals surface area contributed by atoms with Crippen LogP contribution in [0.5, 0.6) is 0 Å². The number of amides is 1. The van der Waals surface area contributed by atoms with E-state index in [4.69, 9.17) is 21.3 Å². The molecule has 1 fully saturated rings. The van der Waals surface area contributed by atoms with Gasteiger partial charge in [0.1, 0.15) is 0 Å². The molecule has 4 nitrogen and oxygen atoms in total. The number of hydrogen-bond donors (Lipinski definition) is 0. The van der Waals surface area contributed by atoms with Crippen molar-refractivity contribution in [2.24, 2.45) is 0 Å². The minimum atomic E-state index is -0.0543. The summed E-state index contributed by atoms with van der Waals surface area (Å²) >= 11 is 9.63. The highest BCUT2D eigenvalue weighted by molar-refractivity contribution is 7.99. The Hall–Kier alpha value is -1.60. The number of carbonyl (C=O) groups excluding carboxylic acids is 1. The predicted molar refractivity (Wildman–Crippen MR) is 123 cm³/mol. The van der Waals surface area contributed by atoms with E-state index in [2.05, 4.69) is 6.92 Å². The average Bonchev–Trinajstić information content (AvgIpc) is 3.40. The molecule has 1 amide bonds. The van der Waals surface area contributed by atoms with Gasteiger partial charge in [-0.05, 0) is 61.4 Å². The highest BCUT2D eigenvalue weighted by atomic mass is 35.5. The summed E-state index contributed by atoms with van der Waals surface area (Å²) in [6, 6.07) is 11.7. The van der Waals surface area contributed by atoms with Gasteiger partial charge < -0.3 is 4.74 Å². The second-order valence-electron chi connectivity index (χ2n) is 7.05. The fraction of sp³-hybridized carbons (Fsp3) is 0.364. The number of nitrogens with zero attached hydrogens (tertiary/aromatic N) is 2. The number of halogens is 1. The van der Waals surface area contributed by atoms with Crippen LogP contribution in [0.3, 0.4) is 0 Å². The van der Waals surface area contributed by atoms with Gasteiger partial charge in [-0.1, -0.05) is 35.9 Å². The largest absolute Gasteiger partial charge is 0.376 e. The summed E-state index contributed by atoms with van der Waals surface area (Å²) in [5.41, 5.74) is 2.57. The summed E-state index contributed by atoms with van der Waals surface area (Å²) in [6.07, 6.45) is 2.03. The van der Waals surface area contributed by atoms with E-state index in [9.17, 15) is 4.79 Å². The van der Waals surface area contributed by atoms with Crippen molar-refractivity contribution in [2.75, 3.05) is 23.8 Å². The maximum absolute atomic E-state index is 13.4. The second kappa shape index (κ2) is 9.04. The number of fused-ring (bicyclic) bond motifs is 1. The molecular weight excluding hydrogens is 424 g/mol. The summed E-state index contributed by atoms with van der Waals surface area (Å²) in [5.74, 6) is 0.950. The van der Waals surface area contributed by atoms with Crippen LogP contribution in [0.25, 0.3) is 10.2 Å². The van der Waals surface area contributed by atoms with Gasteiger partial charge in [0.2, 0.25) is 0 Å². The number of rotatable bonds is 6. The number of thiazole rings is 1. The first-order chi connectivity index (χ1) is 14.1. The normalized spacial score (nSPS) is 16.4. The number of hydrogen-bond acceptors (Lipinski definition) is 5. The first kappa shape index (κ1) is 20.7. The zero-order valence-electron chi connectivity index (χ0n) is 16.5. The van der Waals surface area contributed by atoms with Gasteiger partial charge in [0, 0.05) is 17.1 Å². The van der Waals surface area contributed by atoms with Gasteiger partial charge in [0.05, 0.1) is 27.9 Å². The topological polar surface area (TPSA) is 42.4 Å². The molecule has 1 aromatic heterocycles. The molecule has 1 saturated heterocycles. The van der Waals surface area contributed by atoms with E-state index in [0.717, 1.165) is 45.9 Å². The van der Waals surface area contributed by atoms with Crippen molar-refractivity contribution in [1.29, 1.82) is 0 Å². The van der Waals surface area contributed by atoms with Crippen molar-refractivity contribution in [3.05, 3.63) is 52.5 Å². The van der Waals surface area contributed by atoms with Crippen molar-refractivity contribution >= 4 is 56.0 Å². The molecule has 152 valence electrons. The summed E-state index contributed by atoms with van der Waals surface area (Å²) in [5, 5.41) is 1.34. The molecule has 4 rings (SSSR count). The van der Waals surface area contributed by atoms with Gasteiger partial charge in [-0.2, -0.15) is 0 Å². The Morgan fingerprint density at radius 3 is 2.76 bits per heavy atom. The molecule has 0 N–H and O–H groups in total. The van der Waals surface area contributed by atoms with Crippen LogP contribution in [0.4, 0.5) is 5.13 Å². The van der Waals surface area contributed by atoms with E-state index in [1.807, 2.05) is 43.3 Å². The first-order valence-electron chi connectivity index (χ1n) is 9.78. The zero-order chi connectivity index (χ0) is 20.4. The maximum atomic E-state index is 13.4. The van der Waals surface area contributed by atoms with E-state index >= 15 is 0 Å². The van der Waals surface area contributed by atoms with Gasteiger partial charge in [0.25, 0.3) is 5.91 Å². The second-order valence-corrected chi connectivity index (χ2v) is 9.77. The van der Waals surface area contributed by atoms with Crippen LogP contribution in [-0.4, -0.2) is 35.9 Å². The number of ether oxygens (including phenoxy) is 1. The third-order valence-corrected chi connectivity index (χ3v) is 7.42. The predicted octanol–water partition coefficient (Wildman–Crippen LogP) is 6.20. The fourth-order valence-corrected chi connectivity index (χ4v) is 5.45. The average molecular weight is 447 g/mol. The summed E-state index contributed by atoms with van der Waals surface area (Å²) < 4.78 is 6.74. The Morgan fingerprint density at radius 2 is 2.10 bits per heavy atom. The molecule has 3 aromatic rings. The molecule has 29 heavy (non-hydrogen) atoms. The molecule has 0 radical (unpaired) electrons. The van der Waals surface area contributed by atoms with Gasteiger partial charge in [0.15, 0.2) is 5.13 Å². The lowest BCUT2D eigenvalue weighted by molar-refractivity contribution is 0.0917. The van der Waals surface area contributed by atoms with Crippen LogP contribution < -0.4 is 4.90 Å². The number of aryl methyl sites for hydroxylation is 1. The lowest BCUT2D eigenvalue weighted by atomic mass is 10.2. The Kier molecular flexibility index (Phi) is 6.44. The van der Waals surface area contributed by atoms with Crippen molar-refractivity contribution in [3.8, 4) is 0 Å². The van der Waals surface area contributed by atoms with Gasteiger partial charge >= 0.3 is 0 Å². The Bertz CT molecular complexity index is 975. The minimum Gasteiger partial charge on any atom is -0.376 e. The number of benzene rings is 2. The van der Waals surface area contributed by atoms with Crippen LogP contribution in [0, 0.1) is 6.92 Å². The molecule has 2 heterocycles. The van der Waals surface area contributed by atoms with Gasteiger partial charge in [-0.15, -0.1) is 11.8 Å². The smallest absolute Gasteiger partial charge is 0.260 e. The summed E-state index contributed by atoms with van der Waals surface area (Å²) in [7, 11) is 0. The molecule has 0 bridgehead atoms. The number of thioether (sulfide) groups is 1. The van der Waals surface area contributed by atoms with Crippen LogP contribution >= 0.6 is 34.7 Å². The Labute approximate surface area is 184 Å². The van der Waals surface area contributed by atoms with Gasteiger partial charge in [-0.3, -0.25) is 9.69 Å². The van der Waals surface area contributed by atoms with E-state index in [-0.39, 0.29) is 12.0 Å². The Morgan fingerprint density at radius 1 is 1.31 bits per heavy atom. The molecule has 1 aliphatic rings. The van der Waals surface area contributed by atoms with Crippen LogP contribution in [-0.2, 0) is 4.74 Å². The standard InChI is InChI=1S/C22H23ClN2O2S2/c1-3-28-17-9-7-15(8-10-17)21(26)25(13-16-5-4-12-27-16)22-24-19-14(2)6-11-18(23)20(19)29-22/h6-11,16H,3-5,12-13H2,1-2H3. The number of carbonyl (C=O) groups is 1. The molecule has 0 saturated carbocycles. The van der Waals surface area contributed by atoms with Crippen LogP contribution in [0.2, 0.25) is 5.02 Å². The van der Waals surface area contributed by atoms with E-state index in [0.29, 0.717) is 22.3 Å². The molecule has 7 heteroatoms. The summed E-state index contributed by atoms with van der Waals surface area (Å²) in [4.78, 5) is 21.2. The van der Waals surface area contributed by atoms with Crippen molar-refractivity contribution in [2.45, 2.75) is 37.7 Å². The first-order valence-corrected chi connectivity index (χ1v) is 12.0. The lowest BCUT2D eigenvalue weighted by Crippen LogP contribution is -2.37. The number of aromatic nitrogens is 1. The third kappa shape index (κ3) is 4.45. The van der Waals surface area contributed by atoms with Crippen LogP contribution in [0.15, 0.2) is 41.3 Å². The van der Waals surface area contributed by atoms with E-state index < -0.39 is 0 Å². The minimum absolute atomic E-state index is 0.0393. The third-order valence-electron chi connectivity index (χ3n) is 4.98. The molecule has 0 aliphatic carbocycles. The highest BCUT2D eigenvalue weighted by Crippen LogP contribution is 2.36. The lowest BCUT2D eigenvalue weighted by Gasteiger charge is -2.23. The molecule has 1 atom stereocenters. The fourth-order valence-electron chi connectivity index (χ4n) is 3.46. The highest BCUT2D eigenvalue weighted by Gasteiger charge is 2.27. The molecule has 1 unspecified atom stereocenters. The van der Waals surface area contributed by atoms with Crippen molar-refractivity contribution < 1.29 is 9.53 Å². The molecule has 0 spiro atoms. The molecular formula is C22H23ClN2O2S2. The zero-order valence-corrected chi connectivity index (χ0v) is 18.9. The van der Waals surface area contributed by atoms with Gasteiger partial charge in [-0.25, -0.2) is 4.98 Å². The number of anilines is 1. The van der Waals surface area contributed by atoms with Crippen molar-refractivity contribution in [1.82, 2.24) is 4.98 Å². The monoisotopic (exact) mass is 446 g/mol. The maximum Gasteiger partial charge on any atom is 0.260 e. The quantitative estimate of drug-likeness (QED) is 0.423. The summed E-state index contributed by atoms with van der Waals surface area (Å²) in [6.45, 7) is 5.38. The van der Waals surface area contributed by atoms with E-state index in [1.165, 1.54) is 11.3 Å². The van der Waals surface area contributed by atoms with Crippen LogP contribution in [0.1, 0.15) is 35.7 Å². The van der Waals surface area contributed by atoms with E-state index in [1.54, 1.807) is 16.7 Å². The van der Waals surface area contributed by atoms with Crippen molar-refractivity contribution in [3.63, 3.8) is 0 Å². The molecule has 2 aromatic carbocycles. The SMILES string of the molecule is CCSc1ccc(C(=O)N(CC2CCCO2)c2nc3c(C)ccc(Cl)c3s2)cc1. The Balaban J connectivity index is 1.70.